The normalized spacial score (nSPS) is 18.9. The Kier molecular flexibility index (Phi) is 2.75. The van der Waals surface area contributed by atoms with Gasteiger partial charge in [-0.2, -0.15) is 0 Å². The molecule has 3 N–H and O–H groups in total. The van der Waals surface area contributed by atoms with Crippen molar-refractivity contribution in [2.24, 2.45) is 5.73 Å². The van der Waals surface area contributed by atoms with E-state index >= 15 is 0 Å². The molecule has 0 atom stereocenters. The molecule has 1 aliphatic rings. The minimum atomic E-state index is 0.228. The number of aromatic amines is 1. The van der Waals surface area contributed by atoms with Gasteiger partial charge in [0.25, 0.3) is 0 Å². The molecule has 1 heterocycles. The molecule has 1 aromatic heterocycles. The number of rotatable bonds is 2. The zero-order valence-electron chi connectivity index (χ0n) is 9.80. The Morgan fingerprint density at radius 3 is 2.76 bits per heavy atom. The second kappa shape index (κ2) is 4.14. The third-order valence-electron chi connectivity index (χ3n) is 4.20. The third kappa shape index (κ3) is 1.72. The van der Waals surface area contributed by atoms with Gasteiger partial charge in [-0.15, -0.1) is 0 Å². The molecule has 1 fully saturated rings. The van der Waals surface area contributed by atoms with Crippen molar-refractivity contribution < 1.29 is 0 Å². The van der Waals surface area contributed by atoms with Gasteiger partial charge in [0, 0.05) is 33.5 Å². The minimum Gasteiger partial charge on any atom is -0.360 e. The van der Waals surface area contributed by atoms with Crippen molar-refractivity contribution >= 4 is 26.8 Å². The fraction of sp³-hybridized carbons (Fsp3) is 0.429. The highest BCUT2D eigenvalue weighted by molar-refractivity contribution is 9.10. The molecule has 2 aromatic rings. The van der Waals surface area contributed by atoms with Crippen LogP contribution in [0.2, 0.25) is 0 Å². The van der Waals surface area contributed by atoms with Gasteiger partial charge in [-0.1, -0.05) is 25.0 Å². The van der Waals surface area contributed by atoms with E-state index in [4.69, 9.17) is 5.73 Å². The predicted molar refractivity (Wildman–Crippen MR) is 75.2 cm³/mol. The van der Waals surface area contributed by atoms with Crippen molar-refractivity contribution in [3.8, 4) is 0 Å². The lowest BCUT2D eigenvalue weighted by Crippen LogP contribution is -2.31. The minimum absolute atomic E-state index is 0.228. The maximum atomic E-state index is 6.03. The van der Waals surface area contributed by atoms with E-state index in [-0.39, 0.29) is 5.41 Å². The number of benzene rings is 1. The molecule has 1 aliphatic carbocycles. The van der Waals surface area contributed by atoms with E-state index in [1.54, 1.807) is 0 Å². The van der Waals surface area contributed by atoms with Crippen LogP contribution in [0.25, 0.3) is 10.9 Å². The van der Waals surface area contributed by atoms with Crippen LogP contribution in [0.1, 0.15) is 31.2 Å². The summed E-state index contributed by atoms with van der Waals surface area (Å²) in [5.41, 5.74) is 8.86. The largest absolute Gasteiger partial charge is 0.360 e. The Morgan fingerprint density at radius 1 is 1.29 bits per heavy atom. The predicted octanol–water partition coefficient (Wildman–Crippen LogP) is 3.70. The van der Waals surface area contributed by atoms with Crippen molar-refractivity contribution in [3.05, 3.63) is 34.4 Å². The number of fused-ring (bicyclic) bond motifs is 1. The summed E-state index contributed by atoms with van der Waals surface area (Å²) in [5, 5.41) is 1.25. The number of aromatic nitrogens is 1. The first-order chi connectivity index (χ1) is 8.25. The summed E-state index contributed by atoms with van der Waals surface area (Å²) in [4.78, 5) is 3.31. The maximum Gasteiger partial charge on any atom is 0.0468 e. The summed E-state index contributed by atoms with van der Waals surface area (Å²) >= 11 is 3.55. The van der Waals surface area contributed by atoms with Crippen molar-refractivity contribution in [2.45, 2.75) is 31.1 Å². The van der Waals surface area contributed by atoms with Gasteiger partial charge < -0.3 is 10.7 Å². The van der Waals surface area contributed by atoms with E-state index in [1.807, 2.05) is 6.20 Å². The Bertz CT molecular complexity index is 538. The van der Waals surface area contributed by atoms with Gasteiger partial charge >= 0.3 is 0 Å². The number of nitrogens with two attached hydrogens (primary N) is 1. The quantitative estimate of drug-likeness (QED) is 0.871. The van der Waals surface area contributed by atoms with E-state index in [2.05, 4.69) is 39.1 Å². The summed E-state index contributed by atoms with van der Waals surface area (Å²) in [5.74, 6) is 0. The Labute approximate surface area is 110 Å². The van der Waals surface area contributed by atoms with Gasteiger partial charge in [-0.3, -0.25) is 0 Å². The first-order valence-electron chi connectivity index (χ1n) is 6.22. The average molecular weight is 293 g/mol. The van der Waals surface area contributed by atoms with E-state index < -0.39 is 0 Å². The molecule has 0 unspecified atom stereocenters. The van der Waals surface area contributed by atoms with Crippen molar-refractivity contribution in [3.63, 3.8) is 0 Å². The molecular formula is C14H17BrN2. The topological polar surface area (TPSA) is 41.8 Å². The number of H-pyrrole nitrogens is 1. The molecular weight excluding hydrogens is 276 g/mol. The SMILES string of the molecule is NCC1(c2ccc3c(Br)c[nH]c3c2)CCCC1. The first-order valence-corrected chi connectivity index (χ1v) is 7.02. The van der Waals surface area contributed by atoms with Crippen LogP contribution in [0, 0.1) is 0 Å². The molecule has 17 heavy (non-hydrogen) atoms. The zero-order chi connectivity index (χ0) is 11.9. The lowest BCUT2D eigenvalue weighted by molar-refractivity contribution is 0.453. The summed E-state index contributed by atoms with van der Waals surface area (Å²) in [6.07, 6.45) is 7.08. The van der Waals surface area contributed by atoms with Gasteiger partial charge in [0.1, 0.15) is 0 Å². The van der Waals surface area contributed by atoms with Gasteiger partial charge in [-0.25, -0.2) is 0 Å². The van der Waals surface area contributed by atoms with Crippen molar-refractivity contribution in [1.82, 2.24) is 4.98 Å². The zero-order valence-corrected chi connectivity index (χ0v) is 11.4. The smallest absolute Gasteiger partial charge is 0.0468 e. The molecule has 2 nitrogen and oxygen atoms in total. The van der Waals surface area contributed by atoms with Crippen LogP contribution in [0.4, 0.5) is 0 Å². The second-order valence-corrected chi connectivity index (χ2v) is 5.94. The van der Waals surface area contributed by atoms with Gasteiger partial charge in [-0.05, 0) is 40.4 Å². The van der Waals surface area contributed by atoms with Crippen LogP contribution in [0.15, 0.2) is 28.9 Å². The van der Waals surface area contributed by atoms with Crippen LogP contribution in [-0.2, 0) is 5.41 Å². The number of nitrogens with one attached hydrogen (secondary N) is 1. The maximum absolute atomic E-state index is 6.03. The molecule has 90 valence electrons. The van der Waals surface area contributed by atoms with Gasteiger partial charge in [0.2, 0.25) is 0 Å². The van der Waals surface area contributed by atoms with Gasteiger partial charge in [0.05, 0.1) is 0 Å². The van der Waals surface area contributed by atoms with Crippen molar-refractivity contribution in [1.29, 1.82) is 0 Å². The highest BCUT2D eigenvalue weighted by Crippen LogP contribution is 2.41. The summed E-state index contributed by atoms with van der Waals surface area (Å²) < 4.78 is 1.13. The Morgan fingerprint density at radius 2 is 2.06 bits per heavy atom. The number of halogens is 1. The fourth-order valence-electron chi connectivity index (χ4n) is 3.08. The van der Waals surface area contributed by atoms with E-state index in [9.17, 15) is 0 Å². The fourth-order valence-corrected chi connectivity index (χ4v) is 3.54. The molecule has 0 saturated heterocycles. The standard InChI is InChI=1S/C14H17BrN2/c15-12-8-17-13-7-10(3-4-11(12)13)14(9-16)5-1-2-6-14/h3-4,7-8,17H,1-2,5-6,9,16H2. The van der Waals surface area contributed by atoms with Crippen LogP contribution in [0.5, 0.6) is 0 Å². The molecule has 3 rings (SSSR count). The van der Waals surface area contributed by atoms with E-state index in [0.717, 1.165) is 11.0 Å². The highest BCUT2D eigenvalue weighted by Gasteiger charge is 2.34. The molecule has 0 radical (unpaired) electrons. The molecule has 1 saturated carbocycles. The Balaban J connectivity index is 2.10. The van der Waals surface area contributed by atoms with E-state index in [0.29, 0.717) is 0 Å². The molecule has 0 spiro atoms. The van der Waals surface area contributed by atoms with Crippen LogP contribution in [-0.4, -0.2) is 11.5 Å². The molecule has 0 aliphatic heterocycles. The van der Waals surface area contributed by atoms with Crippen LogP contribution < -0.4 is 5.73 Å². The molecule has 0 amide bonds. The Hall–Kier alpha value is -0.800. The van der Waals surface area contributed by atoms with Gasteiger partial charge in [0.15, 0.2) is 0 Å². The first kappa shape index (κ1) is 11.3. The number of hydrogen-bond acceptors (Lipinski definition) is 1. The van der Waals surface area contributed by atoms with Crippen molar-refractivity contribution in [2.75, 3.05) is 6.54 Å². The summed E-state index contributed by atoms with van der Waals surface area (Å²) in [7, 11) is 0. The second-order valence-electron chi connectivity index (χ2n) is 5.09. The lowest BCUT2D eigenvalue weighted by Gasteiger charge is -2.27. The lowest BCUT2D eigenvalue weighted by atomic mass is 9.79. The molecule has 3 heteroatoms. The highest BCUT2D eigenvalue weighted by atomic mass is 79.9. The molecule has 1 aromatic carbocycles. The van der Waals surface area contributed by atoms with Crippen LogP contribution >= 0.6 is 15.9 Å². The monoisotopic (exact) mass is 292 g/mol. The molecule has 0 bridgehead atoms. The van der Waals surface area contributed by atoms with E-state index in [1.165, 1.54) is 42.1 Å². The summed E-state index contributed by atoms with van der Waals surface area (Å²) in [6, 6.07) is 6.72. The average Bonchev–Trinajstić information content (AvgIpc) is 2.97. The van der Waals surface area contributed by atoms with Crippen LogP contribution in [0.3, 0.4) is 0 Å². The summed E-state index contributed by atoms with van der Waals surface area (Å²) in [6.45, 7) is 0.764. The third-order valence-corrected chi connectivity index (χ3v) is 4.85. The number of hydrogen-bond donors (Lipinski definition) is 2.